The Morgan fingerprint density at radius 1 is 1.16 bits per heavy atom. The Bertz CT molecular complexity index is 1170. The Morgan fingerprint density at radius 2 is 1.86 bits per heavy atom. The van der Waals surface area contributed by atoms with Crippen molar-refractivity contribution >= 4 is 16.8 Å². The third kappa shape index (κ3) is 10.2. The van der Waals surface area contributed by atoms with Crippen molar-refractivity contribution in [2.24, 2.45) is 29.4 Å². The number of aliphatic hydroxyl groups is 1. The number of fused-ring (bicyclic) bond motifs is 1. The van der Waals surface area contributed by atoms with E-state index in [-0.39, 0.29) is 29.7 Å². The fraction of sp³-hybridized carbons (Fsp3) is 0.727. The van der Waals surface area contributed by atoms with Crippen LogP contribution in [0.5, 0.6) is 0 Å². The van der Waals surface area contributed by atoms with E-state index in [1.54, 1.807) is 7.11 Å². The lowest BCUT2D eigenvalue weighted by Crippen LogP contribution is -2.46. The summed E-state index contributed by atoms with van der Waals surface area (Å²) in [7, 11) is 1.73. The Balaban J connectivity index is 1.59. The highest BCUT2D eigenvalue weighted by Gasteiger charge is 2.32. The molecule has 1 aliphatic rings. The van der Waals surface area contributed by atoms with Gasteiger partial charge in [0.15, 0.2) is 0 Å². The maximum absolute atomic E-state index is 13.2. The van der Waals surface area contributed by atoms with Crippen LogP contribution in [0.25, 0.3) is 10.9 Å². The lowest BCUT2D eigenvalue weighted by molar-refractivity contribution is -0.769. The molecule has 0 saturated heterocycles. The first-order chi connectivity index (χ1) is 20.4. The van der Waals surface area contributed by atoms with Crippen LogP contribution in [-0.4, -0.2) is 58.7 Å². The first-order valence-corrected chi connectivity index (χ1v) is 16.0. The number of aliphatic hydroxyl groups excluding tert-OH is 1. The van der Waals surface area contributed by atoms with E-state index < -0.39 is 23.3 Å². The summed E-state index contributed by atoms with van der Waals surface area (Å²) in [6.07, 6.45) is 6.15. The van der Waals surface area contributed by atoms with Gasteiger partial charge in [0.05, 0.1) is 6.10 Å². The number of benzene rings is 1. The highest BCUT2D eigenvalue weighted by molar-refractivity contribution is 5.84. The number of nitrogens with zero attached hydrogens (tertiary/aromatic N) is 2. The Labute approximate surface area is 256 Å². The number of nitrogens with one attached hydrogen (secondary N) is 1. The number of amides is 1. The lowest BCUT2D eigenvalue weighted by atomic mass is 9.80. The second-order valence-corrected chi connectivity index (χ2v) is 13.3. The molecule has 0 unspecified atom stereocenters. The number of aryl methyl sites for hydroxylation is 2. The van der Waals surface area contributed by atoms with Gasteiger partial charge in [0.2, 0.25) is 5.91 Å². The molecule has 242 valence electrons. The standard InChI is InChI=1S/C33H54N4O6/c1-21(2)25(16-24-8-13-28-23(5)20-36(31(28)17-24)14-7-15-42-6)18-30(34)32(38)19-29(22(3)4)33(39)35-26-9-11-27(12-10-26)43-37(40)41/h8,13,17,20-22,25-27,29-30,32,38H,7,9-12,14-16,18-19,34H2,1-6H3,(H,35,39)/t25-,26?,27?,29-,30-,32-/m0/s1. The number of rotatable bonds is 17. The molecule has 10 heteroatoms. The van der Waals surface area contributed by atoms with Crippen molar-refractivity contribution in [2.45, 2.75) is 117 Å². The number of methoxy groups -OCH3 is 1. The second-order valence-electron chi connectivity index (χ2n) is 13.3. The van der Waals surface area contributed by atoms with Crippen molar-refractivity contribution in [3.05, 3.63) is 45.6 Å². The molecular formula is C33H54N4O6. The summed E-state index contributed by atoms with van der Waals surface area (Å²) in [4.78, 5) is 28.6. The molecular weight excluding hydrogens is 548 g/mol. The molecule has 1 amide bonds. The molecule has 1 fully saturated rings. The van der Waals surface area contributed by atoms with E-state index in [2.05, 4.69) is 55.1 Å². The zero-order valence-corrected chi connectivity index (χ0v) is 27.0. The minimum atomic E-state index is -0.799. The van der Waals surface area contributed by atoms with Crippen LogP contribution in [0.1, 0.15) is 83.8 Å². The number of nitrogens with two attached hydrogens (primary N) is 1. The molecule has 1 saturated carbocycles. The summed E-state index contributed by atoms with van der Waals surface area (Å²) in [6.45, 7) is 12.2. The minimum Gasteiger partial charge on any atom is -0.391 e. The molecule has 0 radical (unpaired) electrons. The summed E-state index contributed by atoms with van der Waals surface area (Å²) >= 11 is 0. The van der Waals surface area contributed by atoms with Crippen molar-refractivity contribution < 1.29 is 24.6 Å². The summed E-state index contributed by atoms with van der Waals surface area (Å²) in [5, 5.41) is 25.5. The summed E-state index contributed by atoms with van der Waals surface area (Å²) in [5.41, 5.74) is 10.4. The molecule has 1 aliphatic carbocycles. The summed E-state index contributed by atoms with van der Waals surface area (Å²) in [5.74, 6) is 0.234. The maximum Gasteiger partial charge on any atom is 0.294 e. The van der Waals surface area contributed by atoms with Gasteiger partial charge in [-0.2, -0.15) is 0 Å². The number of carbonyl (C=O) groups is 1. The topological polar surface area (TPSA) is 142 Å². The van der Waals surface area contributed by atoms with Crippen molar-refractivity contribution in [3.8, 4) is 0 Å². The normalized spacial score (nSPS) is 20.2. The van der Waals surface area contributed by atoms with Crippen molar-refractivity contribution in [1.29, 1.82) is 0 Å². The van der Waals surface area contributed by atoms with Gasteiger partial charge in [-0.15, -0.1) is 10.1 Å². The van der Waals surface area contributed by atoms with Crippen molar-refractivity contribution in [3.63, 3.8) is 0 Å². The zero-order valence-electron chi connectivity index (χ0n) is 27.0. The van der Waals surface area contributed by atoms with E-state index in [0.717, 1.165) is 26.0 Å². The molecule has 4 atom stereocenters. The van der Waals surface area contributed by atoms with Gasteiger partial charge in [0.1, 0.15) is 6.10 Å². The second kappa shape index (κ2) is 16.4. The SMILES string of the molecule is COCCCn1cc(C)c2ccc(C[C@@H](C[C@H](N)[C@@H](O)C[C@H](C(=O)NC3CCC(O[N+](=O)[O-])CC3)C(C)C)C(C)C)cc21. The van der Waals surface area contributed by atoms with Gasteiger partial charge in [-0.25, -0.2) is 0 Å². The fourth-order valence-electron chi connectivity index (χ4n) is 6.47. The lowest BCUT2D eigenvalue weighted by Gasteiger charge is -2.32. The van der Waals surface area contributed by atoms with Crippen LogP contribution in [0.15, 0.2) is 24.4 Å². The molecule has 4 N–H and O–H groups in total. The first-order valence-electron chi connectivity index (χ1n) is 16.0. The smallest absolute Gasteiger partial charge is 0.294 e. The van der Waals surface area contributed by atoms with Gasteiger partial charge < -0.3 is 30.3 Å². The van der Waals surface area contributed by atoms with Crippen molar-refractivity contribution in [1.82, 2.24) is 9.88 Å². The molecule has 3 rings (SSSR count). The molecule has 0 spiro atoms. The quantitative estimate of drug-likeness (QED) is 0.129. The highest BCUT2D eigenvalue weighted by Crippen LogP contribution is 2.29. The summed E-state index contributed by atoms with van der Waals surface area (Å²) in [6, 6.07) is 6.23. The van der Waals surface area contributed by atoms with Gasteiger partial charge in [0.25, 0.3) is 5.09 Å². The Morgan fingerprint density at radius 3 is 2.47 bits per heavy atom. The third-order valence-corrected chi connectivity index (χ3v) is 9.30. The monoisotopic (exact) mass is 602 g/mol. The third-order valence-electron chi connectivity index (χ3n) is 9.30. The summed E-state index contributed by atoms with van der Waals surface area (Å²) < 4.78 is 7.56. The molecule has 1 aromatic carbocycles. The average molecular weight is 603 g/mol. The van der Waals surface area contributed by atoms with Crippen LogP contribution < -0.4 is 11.1 Å². The molecule has 0 bridgehead atoms. The van der Waals surface area contributed by atoms with Crippen LogP contribution in [-0.2, 0) is 27.3 Å². The predicted molar refractivity (Wildman–Crippen MR) is 169 cm³/mol. The Kier molecular flexibility index (Phi) is 13.3. The average Bonchev–Trinajstić information content (AvgIpc) is 3.26. The van der Waals surface area contributed by atoms with Gasteiger partial charge >= 0.3 is 0 Å². The molecule has 43 heavy (non-hydrogen) atoms. The van der Waals surface area contributed by atoms with Gasteiger partial charge in [0, 0.05) is 55.4 Å². The zero-order chi connectivity index (χ0) is 31.7. The van der Waals surface area contributed by atoms with Crippen molar-refractivity contribution in [2.75, 3.05) is 13.7 Å². The Hall–Kier alpha value is -2.69. The van der Waals surface area contributed by atoms with E-state index in [0.29, 0.717) is 44.4 Å². The van der Waals surface area contributed by atoms with Gasteiger partial charge in [-0.05, 0) is 93.2 Å². The number of ether oxygens (including phenoxy) is 1. The minimum absolute atomic E-state index is 0.0345. The molecule has 0 aliphatic heterocycles. The van der Waals surface area contributed by atoms with E-state index in [1.807, 2.05) is 13.8 Å². The van der Waals surface area contributed by atoms with Crippen LogP contribution in [0.3, 0.4) is 0 Å². The first kappa shape index (κ1) is 34.8. The molecule has 2 aromatic rings. The van der Waals surface area contributed by atoms with Crippen LogP contribution in [0.4, 0.5) is 0 Å². The van der Waals surface area contributed by atoms with E-state index >= 15 is 0 Å². The highest BCUT2D eigenvalue weighted by atomic mass is 17.0. The maximum atomic E-state index is 13.2. The van der Waals surface area contributed by atoms with E-state index in [4.69, 9.17) is 15.3 Å². The fourth-order valence-corrected chi connectivity index (χ4v) is 6.47. The van der Waals surface area contributed by atoms with Gasteiger partial charge in [-0.1, -0.05) is 39.8 Å². The number of hydrogen-bond donors (Lipinski definition) is 3. The van der Waals surface area contributed by atoms with Gasteiger partial charge in [-0.3, -0.25) is 4.79 Å². The number of aromatic nitrogens is 1. The van der Waals surface area contributed by atoms with E-state index in [1.165, 1.54) is 22.0 Å². The largest absolute Gasteiger partial charge is 0.391 e. The van der Waals surface area contributed by atoms with Crippen LogP contribution in [0, 0.1) is 40.7 Å². The van der Waals surface area contributed by atoms with E-state index in [9.17, 15) is 20.0 Å². The number of hydrogen-bond acceptors (Lipinski definition) is 7. The van der Waals surface area contributed by atoms with Crippen LogP contribution in [0.2, 0.25) is 0 Å². The molecule has 10 nitrogen and oxygen atoms in total. The molecule has 1 heterocycles. The predicted octanol–water partition coefficient (Wildman–Crippen LogP) is 5.18. The number of carbonyl (C=O) groups excluding carboxylic acids is 1. The van der Waals surface area contributed by atoms with Crippen LogP contribution >= 0.6 is 0 Å². The molecule has 1 aromatic heterocycles.